The van der Waals surface area contributed by atoms with E-state index in [4.69, 9.17) is 0 Å². The largest absolute Gasteiger partial charge is 0.213 e. The van der Waals surface area contributed by atoms with E-state index in [-0.39, 0.29) is 12.1 Å². The van der Waals surface area contributed by atoms with Crippen LogP contribution in [0.1, 0.15) is 5.56 Å². The average molecular weight is 235 g/mol. The van der Waals surface area contributed by atoms with E-state index in [1.807, 2.05) is 0 Å². The molecule has 3 nitrogen and oxygen atoms in total. The highest BCUT2D eigenvalue weighted by atomic mass is 32.2. The summed E-state index contributed by atoms with van der Waals surface area (Å²) in [5.41, 5.74) is 0.143. The third-order valence-electron chi connectivity index (χ3n) is 1.97. The molecule has 0 amide bonds. The van der Waals surface area contributed by atoms with E-state index in [9.17, 15) is 17.2 Å². The van der Waals surface area contributed by atoms with Gasteiger partial charge in [-0.3, -0.25) is 0 Å². The molecule has 0 aromatic heterocycles. The maximum Gasteiger partial charge on any atom is 0.211 e. The SMILES string of the molecule is CN(Cc1ccc(F)cc1F)S(C)(=O)=O. The van der Waals surface area contributed by atoms with E-state index in [0.29, 0.717) is 0 Å². The average Bonchev–Trinajstić information content (AvgIpc) is 2.08. The van der Waals surface area contributed by atoms with Crippen LogP contribution < -0.4 is 0 Å². The smallest absolute Gasteiger partial charge is 0.211 e. The van der Waals surface area contributed by atoms with Crippen LogP contribution in [0.5, 0.6) is 0 Å². The molecular formula is C9H11F2NO2S. The predicted molar refractivity (Wildman–Crippen MR) is 52.7 cm³/mol. The quantitative estimate of drug-likeness (QED) is 0.793. The Bertz CT molecular complexity index is 459. The molecule has 0 aliphatic rings. The molecule has 0 saturated heterocycles. The van der Waals surface area contributed by atoms with Crippen LogP contribution in [0.2, 0.25) is 0 Å². The van der Waals surface area contributed by atoms with Gasteiger partial charge in [0.15, 0.2) is 0 Å². The van der Waals surface area contributed by atoms with Gasteiger partial charge < -0.3 is 0 Å². The van der Waals surface area contributed by atoms with Crippen LogP contribution in [0.25, 0.3) is 0 Å². The van der Waals surface area contributed by atoms with Gasteiger partial charge in [-0.1, -0.05) is 6.07 Å². The van der Waals surface area contributed by atoms with Crippen molar-refractivity contribution < 1.29 is 17.2 Å². The zero-order chi connectivity index (χ0) is 11.6. The molecule has 0 aliphatic heterocycles. The van der Waals surface area contributed by atoms with E-state index in [1.165, 1.54) is 13.1 Å². The van der Waals surface area contributed by atoms with Crippen molar-refractivity contribution in [1.29, 1.82) is 0 Å². The first-order chi connectivity index (χ1) is 6.80. The summed E-state index contributed by atoms with van der Waals surface area (Å²) in [6, 6.07) is 3.05. The van der Waals surface area contributed by atoms with Gasteiger partial charge in [-0.05, 0) is 6.07 Å². The summed E-state index contributed by atoms with van der Waals surface area (Å²) < 4.78 is 48.8. The maximum absolute atomic E-state index is 13.1. The normalized spacial score (nSPS) is 12.1. The van der Waals surface area contributed by atoms with Crippen molar-refractivity contribution in [2.75, 3.05) is 13.3 Å². The minimum Gasteiger partial charge on any atom is -0.213 e. The summed E-state index contributed by atoms with van der Waals surface area (Å²) in [7, 11) is -2.02. The summed E-state index contributed by atoms with van der Waals surface area (Å²) >= 11 is 0. The fourth-order valence-electron chi connectivity index (χ4n) is 1.01. The van der Waals surface area contributed by atoms with Crippen LogP contribution in [0.15, 0.2) is 18.2 Å². The second kappa shape index (κ2) is 4.24. The zero-order valence-corrected chi connectivity index (χ0v) is 9.18. The third-order valence-corrected chi connectivity index (χ3v) is 3.24. The van der Waals surface area contributed by atoms with Gasteiger partial charge >= 0.3 is 0 Å². The van der Waals surface area contributed by atoms with E-state index in [1.54, 1.807) is 0 Å². The molecule has 6 heteroatoms. The Morgan fingerprint density at radius 3 is 2.40 bits per heavy atom. The Kier molecular flexibility index (Phi) is 3.41. The number of rotatable bonds is 3. The van der Waals surface area contributed by atoms with Crippen molar-refractivity contribution in [3.8, 4) is 0 Å². The molecule has 0 saturated carbocycles. The molecule has 15 heavy (non-hydrogen) atoms. The summed E-state index contributed by atoms with van der Waals surface area (Å²) in [4.78, 5) is 0. The Hall–Kier alpha value is -1.01. The van der Waals surface area contributed by atoms with Crippen molar-refractivity contribution in [2.45, 2.75) is 6.54 Å². The number of benzene rings is 1. The lowest BCUT2D eigenvalue weighted by atomic mass is 10.2. The lowest BCUT2D eigenvalue weighted by Crippen LogP contribution is -2.25. The van der Waals surface area contributed by atoms with Crippen LogP contribution in [0.3, 0.4) is 0 Å². The van der Waals surface area contributed by atoms with Crippen molar-refractivity contribution in [3.05, 3.63) is 35.4 Å². The lowest BCUT2D eigenvalue weighted by Gasteiger charge is -2.14. The number of nitrogens with zero attached hydrogens (tertiary/aromatic N) is 1. The second-order valence-corrected chi connectivity index (χ2v) is 5.34. The Morgan fingerprint density at radius 2 is 1.93 bits per heavy atom. The standard InChI is InChI=1S/C9H11F2NO2S/c1-12(15(2,13)14)6-7-3-4-8(10)5-9(7)11/h3-5H,6H2,1-2H3. The second-order valence-electron chi connectivity index (χ2n) is 3.25. The summed E-state index contributed by atoms with van der Waals surface area (Å²) in [5, 5.41) is 0. The Morgan fingerprint density at radius 1 is 1.33 bits per heavy atom. The number of hydrogen-bond acceptors (Lipinski definition) is 2. The summed E-state index contributed by atoms with van der Waals surface area (Å²) in [5.74, 6) is -1.43. The van der Waals surface area contributed by atoms with E-state index < -0.39 is 21.7 Å². The minimum absolute atomic E-state index is 0.106. The van der Waals surface area contributed by atoms with Gasteiger partial charge in [0.05, 0.1) is 6.26 Å². The highest BCUT2D eigenvalue weighted by Gasteiger charge is 2.13. The van der Waals surface area contributed by atoms with Gasteiger partial charge in [-0.25, -0.2) is 21.5 Å². The predicted octanol–water partition coefficient (Wildman–Crippen LogP) is 1.36. The molecule has 1 rings (SSSR count). The lowest BCUT2D eigenvalue weighted by molar-refractivity contribution is 0.459. The summed E-state index contributed by atoms with van der Waals surface area (Å²) in [6.45, 7) is -0.106. The minimum atomic E-state index is -3.35. The Labute approximate surface area is 87.4 Å². The summed E-state index contributed by atoms with van der Waals surface area (Å²) in [6.07, 6.45) is 1.02. The van der Waals surface area contributed by atoms with E-state index in [0.717, 1.165) is 22.7 Å². The molecule has 0 unspecified atom stereocenters. The van der Waals surface area contributed by atoms with Gasteiger partial charge in [-0.15, -0.1) is 0 Å². The number of hydrogen-bond donors (Lipinski definition) is 0. The van der Waals surface area contributed by atoms with Crippen LogP contribution in [-0.2, 0) is 16.6 Å². The fourth-order valence-corrected chi connectivity index (χ4v) is 1.38. The molecule has 0 heterocycles. The van der Waals surface area contributed by atoms with Gasteiger partial charge in [0, 0.05) is 25.2 Å². The van der Waals surface area contributed by atoms with Crippen molar-refractivity contribution >= 4 is 10.0 Å². The van der Waals surface area contributed by atoms with Gasteiger partial charge in [0.25, 0.3) is 0 Å². The topological polar surface area (TPSA) is 37.4 Å². The van der Waals surface area contributed by atoms with Gasteiger partial charge in [0.1, 0.15) is 11.6 Å². The molecule has 84 valence electrons. The van der Waals surface area contributed by atoms with Gasteiger partial charge in [0.2, 0.25) is 10.0 Å². The number of sulfonamides is 1. The number of halogens is 2. The van der Waals surface area contributed by atoms with Crippen molar-refractivity contribution in [2.24, 2.45) is 0 Å². The van der Waals surface area contributed by atoms with E-state index >= 15 is 0 Å². The molecule has 0 aliphatic carbocycles. The van der Waals surface area contributed by atoms with Gasteiger partial charge in [-0.2, -0.15) is 0 Å². The van der Waals surface area contributed by atoms with Crippen molar-refractivity contribution in [3.63, 3.8) is 0 Å². The van der Waals surface area contributed by atoms with E-state index in [2.05, 4.69) is 0 Å². The van der Waals surface area contributed by atoms with Crippen LogP contribution in [0, 0.1) is 11.6 Å². The monoisotopic (exact) mass is 235 g/mol. The molecule has 0 bridgehead atoms. The van der Waals surface area contributed by atoms with Crippen LogP contribution >= 0.6 is 0 Å². The molecule has 0 N–H and O–H groups in total. The molecule has 0 atom stereocenters. The first-order valence-corrected chi connectivity index (χ1v) is 6.01. The van der Waals surface area contributed by atoms with Crippen LogP contribution in [0.4, 0.5) is 8.78 Å². The molecule has 0 spiro atoms. The van der Waals surface area contributed by atoms with Crippen molar-refractivity contribution in [1.82, 2.24) is 4.31 Å². The fraction of sp³-hybridized carbons (Fsp3) is 0.333. The molecular weight excluding hydrogens is 224 g/mol. The maximum atomic E-state index is 13.1. The van der Waals surface area contributed by atoms with Crippen LogP contribution in [-0.4, -0.2) is 26.0 Å². The first-order valence-electron chi connectivity index (χ1n) is 4.16. The molecule has 0 radical (unpaired) electrons. The molecule has 0 fully saturated rings. The zero-order valence-electron chi connectivity index (χ0n) is 8.37. The highest BCUT2D eigenvalue weighted by Crippen LogP contribution is 2.12. The highest BCUT2D eigenvalue weighted by molar-refractivity contribution is 7.88. The first kappa shape index (κ1) is 12.1. The third kappa shape index (κ3) is 3.24. The molecule has 1 aromatic carbocycles. The molecule has 1 aromatic rings. The Balaban J connectivity index is 2.91.